The molecule has 0 spiro atoms. The Kier molecular flexibility index (Phi) is 8.01. The molecule has 15 heteroatoms. The van der Waals surface area contributed by atoms with Crippen molar-refractivity contribution in [2.45, 2.75) is 11.3 Å². The van der Waals surface area contributed by atoms with E-state index in [4.69, 9.17) is 4.74 Å². The number of fused-ring (bicyclic) bond motifs is 1. The second-order valence-electron chi connectivity index (χ2n) is 7.68. The van der Waals surface area contributed by atoms with Crippen LogP contribution in [0, 0.1) is 0 Å². The number of H-pyrrole nitrogens is 1. The number of anilines is 1. The van der Waals surface area contributed by atoms with Gasteiger partial charge in [0.25, 0.3) is 5.56 Å². The number of hydrogen-bond donors (Lipinski definition) is 2. The van der Waals surface area contributed by atoms with Crippen LogP contribution in [0.15, 0.2) is 51.7 Å². The van der Waals surface area contributed by atoms with Gasteiger partial charge in [-0.2, -0.15) is 13.2 Å². The first-order valence-corrected chi connectivity index (χ1v) is 12.7. The SMILES string of the molecule is COC(=O)c1ccc(C(=O)OC)c(NC(=O)CSc2nc3nc(-c4cccs4)cc(C(F)(F)F)c3c(=O)[nH]2)c1. The number of halogens is 3. The predicted molar refractivity (Wildman–Crippen MR) is 137 cm³/mol. The molecule has 2 N–H and O–H groups in total. The molecule has 0 unspecified atom stereocenters. The zero-order chi connectivity index (χ0) is 28.3. The van der Waals surface area contributed by atoms with Crippen molar-refractivity contribution in [3.63, 3.8) is 0 Å². The molecule has 10 nitrogen and oxygen atoms in total. The molecule has 1 aromatic carbocycles. The molecule has 0 fully saturated rings. The van der Waals surface area contributed by atoms with Gasteiger partial charge in [0.1, 0.15) is 0 Å². The number of thioether (sulfide) groups is 1. The Hall–Kier alpha value is -4.24. The number of methoxy groups -OCH3 is 2. The third-order valence-electron chi connectivity index (χ3n) is 5.19. The van der Waals surface area contributed by atoms with Crippen molar-refractivity contribution in [2.75, 3.05) is 25.3 Å². The number of nitrogens with zero attached hydrogens (tertiary/aromatic N) is 2. The summed E-state index contributed by atoms with van der Waals surface area (Å²) >= 11 is 1.90. The summed E-state index contributed by atoms with van der Waals surface area (Å²) in [4.78, 5) is 60.2. The molecule has 0 radical (unpaired) electrons. The lowest BCUT2D eigenvalue weighted by Gasteiger charge is -2.12. The lowest BCUT2D eigenvalue weighted by atomic mass is 10.1. The first-order valence-electron chi connectivity index (χ1n) is 10.8. The fraction of sp³-hybridized carbons (Fsp3) is 0.167. The van der Waals surface area contributed by atoms with Crippen LogP contribution in [0.4, 0.5) is 18.9 Å². The van der Waals surface area contributed by atoms with Crippen LogP contribution in [0.3, 0.4) is 0 Å². The summed E-state index contributed by atoms with van der Waals surface area (Å²) in [5, 5.41) is 3.27. The van der Waals surface area contributed by atoms with Gasteiger partial charge in [-0.05, 0) is 35.7 Å². The molecule has 202 valence electrons. The molecule has 0 saturated carbocycles. The maximum Gasteiger partial charge on any atom is 0.417 e. The zero-order valence-corrected chi connectivity index (χ0v) is 21.7. The summed E-state index contributed by atoms with van der Waals surface area (Å²) in [5.41, 5.74) is -2.70. The largest absolute Gasteiger partial charge is 0.465 e. The number of carbonyl (C=O) groups is 3. The number of aromatic nitrogens is 3. The van der Waals surface area contributed by atoms with E-state index in [1.54, 1.807) is 17.5 Å². The number of alkyl halides is 3. The highest BCUT2D eigenvalue weighted by molar-refractivity contribution is 7.99. The number of amides is 1. The van der Waals surface area contributed by atoms with Crippen LogP contribution in [0.1, 0.15) is 26.3 Å². The van der Waals surface area contributed by atoms with Gasteiger partial charge in [-0.25, -0.2) is 19.6 Å². The van der Waals surface area contributed by atoms with E-state index in [1.807, 2.05) is 0 Å². The molecule has 0 atom stereocenters. The Morgan fingerprint density at radius 2 is 1.82 bits per heavy atom. The fourth-order valence-electron chi connectivity index (χ4n) is 3.46. The van der Waals surface area contributed by atoms with Crippen molar-refractivity contribution >= 4 is 57.7 Å². The first kappa shape index (κ1) is 27.8. The molecule has 0 bridgehead atoms. The summed E-state index contributed by atoms with van der Waals surface area (Å²) in [7, 11) is 2.31. The van der Waals surface area contributed by atoms with Crippen LogP contribution in [-0.4, -0.2) is 52.8 Å². The number of aromatic amines is 1. The van der Waals surface area contributed by atoms with Crippen molar-refractivity contribution in [1.82, 2.24) is 15.0 Å². The molecular weight excluding hydrogens is 561 g/mol. The summed E-state index contributed by atoms with van der Waals surface area (Å²) in [6.07, 6.45) is -4.84. The quantitative estimate of drug-likeness (QED) is 0.186. The molecule has 0 aliphatic carbocycles. The third kappa shape index (κ3) is 6.09. The Labute approximate surface area is 225 Å². The second kappa shape index (κ2) is 11.2. The second-order valence-corrected chi connectivity index (χ2v) is 9.59. The van der Waals surface area contributed by atoms with E-state index in [2.05, 4.69) is 25.0 Å². The highest BCUT2D eigenvalue weighted by atomic mass is 32.2. The maximum atomic E-state index is 13.8. The van der Waals surface area contributed by atoms with Gasteiger partial charge in [0.2, 0.25) is 5.91 Å². The van der Waals surface area contributed by atoms with Crippen LogP contribution in [-0.2, 0) is 20.4 Å². The van der Waals surface area contributed by atoms with Crippen LogP contribution >= 0.6 is 23.1 Å². The Balaban J connectivity index is 1.62. The van der Waals surface area contributed by atoms with Gasteiger partial charge >= 0.3 is 18.1 Å². The van der Waals surface area contributed by atoms with Gasteiger partial charge in [0.05, 0.1) is 58.3 Å². The Morgan fingerprint density at radius 3 is 2.46 bits per heavy atom. The number of ether oxygens (including phenoxy) is 2. The highest BCUT2D eigenvalue weighted by Crippen LogP contribution is 2.36. The normalized spacial score (nSPS) is 11.3. The van der Waals surface area contributed by atoms with Crippen molar-refractivity contribution in [3.05, 3.63) is 68.8 Å². The lowest BCUT2D eigenvalue weighted by Crippen LogP contribution is -2.19. The summed E-state index contributed by atoms with van der Waals surface area (Å²) in [5.74, 6) is -2.52. The van der Waals surface area contributed by atoms with Crippen molar-refractivity contribution in [1.29, 1.82) is 0 Å². The molecule has 0 saturated heterocycles. The van der Waals surface area contributed by atoms with Crippen molar-refractivity contribution in [3.8, 4) is 10.6 Å². The van der Waals surface area contributed by atoms with Crippen LogP contribution in [0.25, 0.3) is 21.6 Å². The summed E-state index contributed by atoms with van der Waals surface area (Å²) < 4.78 is 50.7. The molecule has 4 aromatic rings. The average Bonchev–Trinajstić information content (AvgIpc) is 3.45. The van der Waals surface area contributed by atoms with E-state index in [1.165, 1.54) is 36.6 Å². The van der Waals surface area contributed by atoms with Crippen LogP contribution in [0.2, 0.25) is 0 Å². The number of esters is 2. The van der Waals surface area contributed by atoms with Gasteiger partial charge in [0, 0.05) is 0 Å². The van der Waals surface area contributed by atoms with Gasteiger partial charge in [0.15, 0.2) is 10.8 Å². The van der Waals surface area contributed by atoms with Crippen molar-refractivity contribution < 1.29 is 37.0 Å². The molecule has 4 rings (SSSR count). The molecule has 0 aliphatic heterocycles. The van der Waals surface area contributed by atoms with E-state index in [0.29, 0.717) is 4.88 Å². The van der Waals surface area contributed by atoms with E-state index < -0.39 is 46.2 Å². The molecule has 39 heavy (non-hydrogen) atoms. The fourth-order valence-corrected chi connectivity index (χ4v) is 4.81. The highest BCUT2D eigenvalue weighted by Gasteiger charge is 2.35. The number of carbonyl (C=O) groups excluding carboxylic acids is 3. The minimum Gasteiger partial charge on any atom is -0.465 e. The predicted octanol–water partition coefficient (Wildman–Crippen LogP) is 4.37. The van der Waals surface area contributed by atoms with Crippen LogP contribution in [0.5, 0.6) is 0 Å². The lowest BCUT2D eigenvalue weighted by molar-refractivity contribution is -0.136. The van der Waals surface area contributed by atoms with E-state index >= 15 is 0 Å². The maximum absolute atomic E-state index is 13.8. The third-order valence-corrected chi connectivity index (χ3v) is 6.96. The number of rotatable bonds is 7. The number of pyridine rings is 1. The average molecular weight is 579 g/mol. The van der Waals surface area contributed by atoms with E-state index in [-0.39, 0.29) is 33.4 Å². The molecule has 0 aliphatic rings. The molecule has 1 amide bonds. The molecule has 3 aromatic heterocycles. The number of thiophene rings is 1. The number of benzene rings is 1. The van der Waals surface area contributed by atoms with Crippen LogP contribution < -0.4 is 10.9 Å². The van der Waals surface area contributed by atoms with E-state index in [0.717, 1.165) is 24.9 Å². The Morgan fingerprint density at radius 1 is 1.08 bits per heavy atom. The van der Waals surface area contributed by atoms with Crippen molar-refractivity contribution in [2.24, 2.45) is 0 Å². The summed E-state index contributed by atoms with van der Waals surface area (Å²) in [6, 6.07) is 7.86. The number of hydrogen-bond acceptors (Lipinski definition) is 10. The molecule has 3 heterocycles. The standard InChI is InChI=1S/C24H17F3N4O6S2/c1-36-21(34)11-5-6-12(22(35)37-2)14(8-11)28-17(32)10-39-23-30-19-18(20(33)31-23)13(24(25,26)27)9-15(29-19)16-4-3-7-38-16/h3-9H,10H2,1-2H3,(H,28,32)(H,29,30,31,33). The van der Waals surface area contributed by atoms with Gasteiger partial charge in [-0.1, -0.05) is 17.8 Å². The molecular formula is C24H17F3N4O6S2. The van der Waals surface area contributed by atoms with Gasteiger partial charge < -0.3 is 19.8 Å². The number of nitrogens with one attached hydrogen (secondary N) is 2. The van der Waals surface area contributed by atoms with E-state index in [9.17, 15) is 32.3 Å². The minimum absolute atomic E-state index is 0.00237. The smallest absolute Gasteiger partial charge is 0.417 e. The first-order chi connectivity index (χ1) is 18.5. The monoisotopic (exact) mass is 578 g/mol. The summed E-state index contributed by atoms with van der Waals surface area (Å²) in [6.45, 7) is 0. The van der Waals surface area contributed by atoms with Gasteiger partial charge in [-0.3, -0.25) is 9.59 Å². The minimum atomic E-state index is -4.84. The Bertz CT molecular complexity index is 1640. The zero-order valence-electron chi connectivity index (χ0n) is 20.0. The van der Waals surface area contributed by atoms with Gasteiger partial charge in [-0.15, -0.1) is 11.3 Å². The topological polar surface area (TPSA) is 140 Å².